The summed E-state index contributed by atoms with van der Waals surface area (Å²) in [5, 5.41) is 13.0. The Bertz CT molecular complexity index is 5090. The molecule has 19 atom stereocenters. The maximum Gasteiger partial charge on any atom is 0.386 e. The number of nitrogens with one attached hydrogen (secondary N) is 4. The van der Waals surface area contributed by atoms with Crippen molar-refractivity contribution in [2.24, 2.45) is 17.6 Å². The van der Waals surface area contributed by atoms with E-state index in [9.17, 15) is 52.9 Å². The zero-order valence-corrected chi connectivity index (χ0v) is 71.3. The second-order valence-corrected chi connectivity index (χ2v) is 41.4. The minimum Gasteiger partial charge on any atom is -0.780 e. The van der Waals surface area contributed by atoms with Crippen LogP contribution in [0.5, 0.6) is 0 Å². The third-order valence-electron chi connectivity index (χ3n) is 18.6. The smallest absolute Gasteiger partial charge is 0.386 e. The Balaban J connectivity index is 0.801. The van der Waals surface area contributed by atoms with Gasteiger partial charge in [-0.15, -0.1) is 0 Å². The number of hydrogen-bond donors (Lipinski definition) is 10. The first-order chi connectivity index (χ1) is 55.1. The van der Waals surface area contributed by atoms with Crippen LogP contribution in [0.3, 0.4) is 0 Å². The quantitative estimate of drug-likeness (QED) is 0.0104. The van der Waals surface area contributed by atoms with Crippen LogP contribution < -0.4 is 72.6 Å². The molecule has 6 aromatic rings. The summed E-state index contributed by atoms with van der Waals surface area (Å²) >= 11 is 30.9. The normalized spacial score (nSPS) is 27.0. The van der Waals surface area contributed by atoms with Crippen molar-refractivity contribution in [3.63, 3.8) is 0 Å². The number of thiol groups is 1. The van der Waals surface area contributed by atoms with Gasteiger partial charge < -0.3 is 120 Å². The van der Waals surface area contributed by atoms with E-state index < -0.39 is 178 Å². The number of nitrogen functional groups attached to an aromatic ring is 3. The van der Waals surface area contributed by atoms with E-state index in [1.807, 2.05) is 13.8 Å². The molecule has 5 saturated heterocycles. The van der Waals surface area contributed by atoms with E-state index in [1.54, 1.807) is 0 Å². The zero-order valence-electron chi connectivity index (χ0n) is 62.0. The van der Waals surface area contributed by atoms with Gasteiger partial charge in [0.2, 0.25) is 11.9 Å². The number of imidazole rings is 1. The molecule has 0 bridgehead atoms. The van der Waals surface area contributed by atoms with Crippen molar-refractivity contribution in [3.8, 4) is 0 Å². The summed E-state index contributed by atoms with van der Waals surface area (Å²) in [7, 11) is 0. The third-order valence-corrected chi connectivity index (χ3v) is 26.9. The molecule has 1 amide bonds. The standard InChI is InChI=1S/C61H88BrN17O28P4S5/c1-31(2)33-18-47(75-9-4-44(64)69-58(75)85)100-40(33)26-97-110(114,94-17-16-93-15-14-92-13-8-67-46(81)6-11-91-12-7-63)106-37-21-49(77-23-32(3)54(82)73-60(77)87)102-43(37)29-98-111(115,116)107-38-22-51(79-30-68-52-53(79)71-57(66)72-56(52)84)103-42(38)28-96-109(90,113)105-36-20-48(76-10-5-45(65)70-59(76)86)101-41(36)27-95-108(89,112)104-35-19-50(99-39(35)25-80)78-24-34(62)55(83)74-61(78)88/h4-5,9-10,23-24,30-31,33,35-43,47-51,80H,6-8,11-22,25-29,63H2,1-3H3,(H,67,81)(H,89,112)(H,90,113)(H,115,116)(H2,64,69,85)(H2,65,70,86)(H,73,82,87)(H,74,83,88)(H3,66,71,72,84)/p-2/t33-,35+,36+,37+,38+,39+,40+,41+,42+,43+,47+,48+,49+,50+,51+,108?,109?,110?/m0/s1. The lowest BCUT2D eigenvalue weighted by atomic mass is 9.89. The highest BCUT2D eigenvalue weighted by Crippen LogP contribution is 2.59. The molecule has 0 radical (unpaired) electrons. The number of rotatable bonds is 42. The van der Waals surface area contributed by atoms with Crippen molar-refractivity contribution in [2.75, 3.05) is 110 Å². The highest BCUT2D eigenvalue weighted by molar-refractivity contribution is 9.10. The number of halogens is 1. The van der Waals surface area contributed by atoms with Gasteiger partial charge in [0, 0.05) is 75.5 Å². The largest absolute Gasteiger partial charge is 0.780 e. The number of hydrogen-bond acceptors (Lipinski definition) is 40. The van der Waals surface area contributed by atoms with E-state index in [0.717, 1.165) is 13.7 Å². The summed E-state index contributed by atoms with van der Waals surface area (Å²) < 4.78 is 124. The molecule has 0 spiro atoms. The number of H-pyrrole nitrogens is 3. The highest BCUT2D eigenvalue weighted by Gasteiger charge is 2.48. The number of carbonyl (C=O) groups excluding carboxylic acids is 1. The van der Waals surface area contributed by atoms with Crippen molar-refractivity contribution in [3.05, 3.63) is 126 Å². The number of aliphatic hydroxyl groups excluding tert-OH is 1. The number of aliphatic hydroxyl groups is 1. The molecule has 0 aromatic carbocycles. The molecule has 6 aromatic heterocycles. The van der Waals surface area contributed by atoms with Gasteiger partial charge in [-0.2, -0.15) is 15.0 Å². The Morgan fingerprint density at radius 2 is 1.16 bits per heavy atom. The number of nitrogens with two attached hydrogens (primary N) is 4. The lowest BCUT2D eigenvalue weighted by Gasteiger charge is -2.36. The Morgan fingerprint density at radius 1 is 0.647 bits per heavy atom. The molecular weight excluding hydrogens is 1780 g/mol. The van der Waals surface area contributed by atoms with Crippen LogP contribution in [0.15, 0.2) is 81.3 Å². The van der Waals surface area contributed by atoms with Crippen molar-refractivity contribution in [1.82, 2.24) is 63.0 Å². The molecule has 55 heteroatoms. The first kappa shape index (κ1) is 91.6. The highest BCUT2D eigenvalue weighted by atomic mass is 79.9. The van der Waals surface area contributed by atoms with E-state index in [4.69, 9.17) is 149 Å². The van der Waals surface area contributed by atoms with E-state index >= 15 is 0 Å². The van der Waals surface area contributed by atoms with Crippen LogP contribution in [0.4, 0.5) is 17.6 Å². The molecule has 11 heterocycles. The molecule has 0 saturated carbocycles. The fraction of sp³-hybridized carbons (Fsp3) is 0.639. The predicted octanol–water partition coefficient (Wildman–Crippen LogP) is 0.0105. The van der Waals surface area contributed by atoms with E-state index in [0.29, 0.717) is 19.6 Å². The second kappa shape index (κ2) is 40.7. The molecule has 0 aliphatic carbocycles. The molecule has 5 fully saturated rings. The Labute approximate surface area is 691 Å². The van der Waals surface area contributed by atoms with Crippen molar-refractivity contribution in [1.29, 1.82) is 0 Å². The van der Waals surface area contributed by atoms with Gasteiger partial charge in [-0.05, 0) is 65.0 Å². The van der Waals surface area contributed by atoms with Gasteiger partial charge in [0.1, 0.15) is 80.0 Å². The third kappa shape index (κ3) is 24.4. The number of aryl methyl sites for hydroxylation is 1. The van der Waals surface area contributed by atoms with Gasteiger partial charge in [-0.1, -0.05) is 49.7 Å². The molecule has 116 heavy (non-hydrogen) atoms. The summed E-state index contributed by atoms with van der Waals surface area (Å²) in [5.41, 5.74) is 13.6. The summed E-state index contributed by atoms with van der Waals surface area (Å²) in [4.78, 5) is 140. The number of fused-ring (bicyclic) bond motifs is 1. The van der Waals surface area contributed by atoms with Crippen LogP contribution in [-0.4, -0.2) is 216 Å². The van der Waals surface area contributed by atoms with E-state index in [2.05, 4.69) is 68.4 Å². The van der Waals surface area contributed by atoms with Gasteiger partial charge >= 0.3 is 36.3 Å². The zero-order chi connectivity index (χ0) is 83.6. The number of nitrogens with zero attached hydrogens (tertiary/aromatic N) is 9. The number of anilines is 3. The number of aromatic amines is 3. The van der Waals surface area contributed by atoms with Crippen LogP contribution in [0.2, 0.25) is 0 Å². The van der Waals surface area contributed by atoms with Gasteiger partial charge in [-0.25, -0.2) is 28.7 Å². The fourth-order valence-electron chi connectivity index (χ4n) is 13.0. The molecule has 642 valence electrons. The van der Waals surface area contributed by atoms with Crippen molar-refractivity contribution < 1.29 is 98.0 Å². The average molecular weight is 1870 g/mol. The lowest BCUT2D eigenvalue weighted by molar-refractivity contribution is -0.215. The van der Waals surface area contributed by atoms with Crippen molar-refractivity contribution >= 4 is 136 Å². The first-order valence-corrected chi connectivity index (χ1v) is 48.2. The number of amides is 1. The maximum atomic E-state index is 14.7. The molecule has 4 unspecified atom stereocenters. The monoisotopic (exact) mass is 1870 g/mol. The summed E-state index contributed by atoms with van der Waals surface area (Å²) in [5.74, 6) is -0.850. The number of ether oxygens (including phenoxy) is 8. The minimum atomic E-state index is -4.83. The summed E-state index contributed by atoms with van der Waals surface area (Å²) in [6.45, 7) is -9.67. The SMILES string of the molecule is Cc1cn([C@H]2C[C@@H](OP(=S)(OCCOCCOCCNC(=O)CCOCCN)OC[C@H]3O[C@@H](n4ccc(N)nc4=O)C[C@H]3C(C)C)[C@@H](COP(=S)([S-])O[C@@H]3C[C@H](n4cnc5c(=O)[nH]c(N)nc54)O[C@@H]3COP([O-])(=S)O[C@@H]3C[C@H](n4ccc(N)nc4=O)O[C@@H]3COP(=O)(S)O[C@@H]3C[C@H](n4cc(Br)c(=O)[nH]c4=O)O[C@@H]3CO)O2)c(=O)[nH]c1=O. The predicted molar refractivity (Wildman–Crippen MR) is 427 cm³/mol. The van der Waals surface area contributed by atoms with Gasteiger partial charge in [0.15, 0.2) is 11.2 Å². The molecular formula is C61H86BrN17O28P4S5-2. The fourth-order valence-corrected chi connectivity index (χ4v) is 20.4. The van der Waals surface area contributed by atoms with Gasteiger partial charge in [0.05, 0.1) is 120 Å². The van der Waals surface area contributed by atoms with E-state index in [1.165, 1.54) is 59.3 Å². The molecule has 13 N–H and O–H groups in total. The van der Waals surface area contributed by atoms with E-state index in [-0.39, 0.29) is 141 Å². The van der Waals surface area contributed by atoms with Crippen LogP contribution >= 0.6 is 54.1 Å². The molecule has 45 nitrogen and oxygen atoms in total. The van der Waals surface area contributed by atoms with Gasteiger partial charge in [-0.3, -0.25) is 66.0 Å². The lowest BCUT2D eigenvalue weighted by Crippen LogP contribution is -2.33. The van der Waals surface area contributed by atoms with Crippen molar-refractivity contribution in [2.45, 2.75) is 145 Å². The Morgan fingerprint density at radius 3 is 1.78 bits per heavy atom. The topological polar surface area (TPSA) is 594 Å². The minimum absolute atomic E-state index is 0.0175. The molecule has 5 aliphatic rings. The molecule has 11 rings (SSSR count). The summed E-state index contributed by atoms with van der Waals surface area (Å²) in [6, 6.07) is 2.77. The number of aromatic nitrogens is 12. The average Bonchev–Trinajstić information content (AvgIpc) is 1.63. The Kier molecular flexibility index (Phi) is 32.2. The van der Waals surface area contributed by atoms with Crippen LogP contribution in [0, 0.1) is 18.8 Å². The molecule has 5 aliphatic heterocycles. The summed E-state index contributed by atoms with van der Waals surface area (Å²) in [6.07, 6.45) is -10.5. The number of carbonyl (C=O) groups is 1. The maximum absolute atomic E-state index is 14.7. The van der Waals surface area contributed by atoms with Crippen LogP contribution in [0.25, 0.3) is 11.2 Å². The van der Waals surface area contributed by atoms with Crippen LogP contribution in [-0.2, 0) is 136 Å². The Hall–Kier alpha value is -5.10. The second-order valence-electron chi connectivity index (χ2n) is 27.0. The van der Waals surface area contributed by atoms with Crippen LogP contribution in [0.1, 0.15) is 89.1 Å². The first-order valence-electron chi connectivity index (χ1n) is 35.9. The van der Waals surface area contributed by atoms with Gasteiger partial charge in [0.25, 0.3) is 16.7 Å².